The smallest absolute Gasteiger partial charge is 0.321 e. The average Bonchev–Trinajstić information content (AvgIpc) is 3.32. The highest BCUT2D eigenvalue weighted by atomic mass is 35.5. The zero-order valence-corrected chi connectivity index (χ0v) is 17.2. The lowest BCUT2D eigenvalue weighted by Gasteiger charge is -2.35. The number of likely N-dealkylation sites (tertiary alicyclic amines) is 1. The SMILES string of the molecule is COCc1cc(Cl)ccc1NC(=O)N(C)[C@@H]1CCC[C@@H]1N1CCC(OC)C1. The van der Waals surface area contributed by atoms with Gasteiger partial charge in [0.15, 0.2) is 0 Å². The van der Waals surface area contributed by atoms with E-state index in [0.29, 0.717) is 23.8 Å². The molecule has 1 aliphatic carbocycles. The molecule has 7 heteroatoms. The molecule has 1 heterocycles. The van der Waals surface area contributed by atoms with E-state index >= 15 is 0 Å². The van der Waals surface area contributed by atoms with Crippen LogP contribution in [0.2, 0.25) is 5.02 Å². The van der Waals surface area contributed by atoms with E-state index in [0.717, 1.165) is 50.0 Å². The minimum Gasteiger partial charge on any atom is -0.380 e. The molecule has 0 spiro atoms. The molecule has 1 aromatic rings. The van der Waals surface area contributed by atoms with E-state index in [1.807, 2.05) is 24.1 Å². The maximum atomic E-state index is 12.9. The Bertz CT molecular complexity index is 657. The molecular formula is C20H30ClN3O3. The minimum atomic E-state index is -0.0888. The third-order valence-corrected chi connectivity index (χ3v) is 6.08. The number of rotatable bonds is 6. The van der Waals surface area contributed by atoms with Gasteiger partial charge in [-0.25, -0.2) is 4.79 Å². The largest absolute Gasteiger partial charge is 0.380 e. The summed E-state index contributed by atoms with van der Waals surface area (Å²) in [5, 5.41) is 3.67. The number of hydrogen-bond acceptors (Lipinski definition) is 4. The predicted molar refractivity (Wildman–Crippen MR) is 107 cm³/mol. The van der Waals surface area contributed by atoms with E-state index < -0.39 is 0 Å². The minimum absolute atomic E-state index is 0.0888. The Morgan fingerprint density at radius 1 is 1.33 bits per heavy atom. The van der Waals surface area contributed by atoms with Crippen molar-refractivity contribution in [2.24, 2.45) is 0 Å². The summed E-state index contributed by atoms with van der Waals surface area (Å²) in [7, 11) is 5.31. The van der Waals surface area contributed by atoms with Gasteiger partial charge in [0.05, 0.1) is 12.7 Å². The Hall–Kier alpha value is -1.34. The van der Waals surface area contributed by atoms with Crippen LogP contribution in [-0.2, 0) is 16.1 Å². The van der Waals surface area contributed by atoms with Crippen LogP contribution in [0.1, 0.15) is 31.2 Å². The molecule has 1 unspecified atom stereocenters. The molecule has 0 radical (unpaired) electrons. The standard InChI is InChI=1S/C20H30ClN3O3/c1-23(18-5-4-6-19(18)24-10-9-16(12-24)27-3)20(25)22-17-8-7-15(21)11-14(17)13-26-2/h7-8,11,16,18-19H,4-6,9-10,12-13H2,1-3H3,(H,22,25)/t16?,18-,19+/m1/s1. The summed E-state index contributed by atoms with van der Waals surface area (Å²) in [6, 6.07) is 5.98. The van der Waals surface area contributed by atoms with Crippen molar-refractivity contribution in [3.8, 4) is 0 Å². The third-order valence-electron chi connectivity index (χ3n) is 5.85. The molecule has 2 fully saturated rings. The number of amides is 2. The molecule has 3 atom stereocenters. The fraction of sp³-hybridized carbons (Fsp3) is 0.650. The zero-order valence-electron chi connectivity index (χ0n) is 16.4. The quantitative estimate of drug-likeness (QED) is 0.799. The Morgan fingerprint density at radius 3 is 2.85 bits per heavy atom. The first-order valence-corrected chi connectivity index (χ1v) is 9.99. The van der Waals surface area contributed by atoms with Gasteiger partial charge in [-0.15, -0.1) is 0 Å². The number of methoxy groups -OCH3 is 2. The van der Waals surface area contributed by atoms with Gasteiger partial charge >= 0.3 is 6.03 Å². The highest BCUT2D eigenvalue weighted by molar-refractivity contribution is 6.30. The summed E-state index contributed by atoms with van der Waals surface area (Å²) in [6.45, 7) is 2.41. The fourth-order valence-electron chi connectivity index (χ4n) is 4.36. The summed E-state index contributed by atoms with van der Waals surface area (Å²) >= 11 is 6.08. The number of nitrogens with one attached hydrogen (secondary N) is 1. The molecule has 2 aliphatic rings. The van der Waals surface area contributed by atoms with Crippen molar-refractivity contribution in [3.05, 3.63) is 28.8 Å². The number of halogens is 1. The Kier molecular flexibility index (Phi) is 6.98. The number of anilines is 1. The molecule has 2 amide bonds. The first-order chi connectivity index (χ1) is 13.0. The van der Waals surface area contributed by atoms with E-state index in [2.05, 4.69) is 10.2 Å². The summed E-state index contributed by atoms with van der Waals surface area (Å²) < 4.78 is 10.7. The number of carbonyl (C=O) groups excluding carboxylic acids is 1. The Labute approximate surface area is 166 Å². The third kappa shape index (κ3) is 4.74. The molecule has 1 saturated heterocycles. The van der Waals surface area contributed by atoms with Crippen molar-refractivity contribution < 1.29 is 14.3 Å². The highest BCUT2D eigenvalue weighted by Crippen LogP contribution is 2.31. The van der Waals surface area contributed by atoms with E-state index in [9.17, 15) is 4.79 Å². The summed E-state index contributed by atoms with van der Waals surface area (Å²) in [5.74, 6) is 0. The average molecular weight is 396 g/mol. The number of urea groups is 1. The van der Waals surface area contributed by atoms with Crippen molar-refractivity contribution in [2.45, 2.75) is 50.5 Å². The van der Waals surface area contributed by atoms with Crippen molar-refractivity contribution in [1.82, 2.24) is 9.80 Å². The van der Waals surface area contributed by atoms with E-state index in [1.165, 1.54) is 0 Å². The normalized spacial score (nSPS) is 25.7. The number of carbonyl (C=O) groups is 1. The number of nitrogens with zero attached hydrogens (tertiary/aromatic N) is 2. The van der Waals surface area contributed by atoms with Gasteiger partial charge in [-0.3, -0.25) is 4.90 Å². The molecule has 150 valence electrons. The molecule has 0 aromatic heterocycles. The van der Waals surface area contributed by atoms with Gasteiger partial charge in [-0.1, -0.05) is 11.6 Å². The number of likely N-dealkylation sites (N-methyl/N-ethyl adjacent to an activating group) is 1. The van der Waals surface area contributed by atoms with Crippen LogP contribution >= 0.6 is 11.6 Å². The first-order valence-electron chi connectivity index (χ1n) is 9.61. The second kappa shape index (κ2) is 9.24. The van der Waals surface area contributed by atoms with Crippen LogP contribution in [0.15, 0.2) is 18.2 Å². The maximum Gasteiger partial charge on any atom is 0.321 e. The van der Waals surface area contributed by atoms with Crippen molar-refractivity contribution in [1.29, 1.82) is 0 Å². The van der Waals surface area contributed by atoms with Crippen molar-refractivity contribution >= 4 is 23.3 Å². The molecule has 1 N–H and O–H groups in total. The van der Waals surface area contributed by atoms with E-state index in [4.69, 9.17) is 21.1 Å². The lowest BCUT2D eigenvalue weighted by molar-refractivity contribution is 0.0907. The maximum absolute atomic E-state index is 12.9. The molecule has 1 aromatic carbocycles. The van der Waals surface area contributed by atoms with Gasteiger partial charge in [-0.05, 0) is 43.9 Å². The topological polar surface area (TPSA) is 54.0 Å². The molecule has 27 heavy (non-hydrogen) atoms. The lowest BCUT2D eigenvalue weighted by Crippen LogP contribution is -2.50. The van der Waals surface area contributed by atoms with Crippen LogP contribution in [0.5, 0.6) is 0 Å². The zero-order chi connectivity index (χ0) is 19.4. The second-order valence-electron chi connectivity index (χ2n) is 7.48. The molecule has 1 saturated carbocycles. The van der Waals surface area contributed by atoms with Crippen molar-refractivity contribution in [3.63, 3.8) is 0 Å². The number of benzene rings is 1. The Morgan fingerprint density at radius 2 is 2.15 bits per heavy atom. The molecular weight excluding hydrogens is 366 g/mol. The number of ether oxygens (including phenoxy) is 2. The summed E-state index contributed by atoms with van der Waals surface area (Å²) in [5.41, 5.74) is 1.62. The van der Waals surface area contributed by atoms with Crippen LogP contribution in [0.3, 0.4) is 0 Å². The van der Waals surface area contributed by atoms with Gasteiger partial charge in [0.1, 0.15) is 0 Å². The first kappa shape index (κ1) is 20.4. The summed E-state index contributed by atoms with van der Waals surface area (Å²) in [4.78, 5) is 17.3. The predicted octanol–water partition coefficient (Wildman–Crippen LogP) is 3.59. The van der Waals surface area contributed by atoms with E-state index in [-0.39, 0.29) is 12.1 Å². The summed E-state index contributed by atoms with van der Waals surface area (Å²) in [6.07, 6.45) is 4.71. The van der Waals surface area contributed by atoms with Gasteiger partial charge in [-0.2, -0.15) is 0 Å². The van der Waals surface area contributed by atoms with Gasteiger partial charge < -0.3 is 19.7 Å². The molecule has 6 nitrogen and oxygen atoms in total. The monoisotopic (exact) mass is 395 g/mol. The van der Waals surface area contributed by atoms with Crippen molar-refractivity contribution in [2.75, 3.05) is 39.7 Å². The van der Waals surface area contributed by atoms with Crippen LogP contribution in [0.25, 0.3) is 0 Å². The van der Waals surface area contributed by atoms with E-state index in [1.54, 1.807) is 20.3 Å². The van der Waals surface area contributed by atoms with Crippen LogP contribution < -0.4 is 5.32 Å². The second-order valence-corrected chi connectivity index (χ2v) is 7.92. The fourth-order valence-corrected chi connectivity index (χ4v) is 4.55. The molecule has 0 bridgehead atoms. The van der Waals surface area contributed by atoms with Crippen LogP contribution in [-0.4, -0.2) is 68.4 Å². The lowest BCUT2D eigenvalue weighted by atomic mass is 10.1. The molecule has 3 rings (SSSR count). The van der Waals surface area contributed by atoms with Gasteiger partial charge in [0, 0.05) is 62.7 Å². The molecule has 1 aliphatic heterocycles. The highest BCUT2D eigenvalue weighted by Gasteiger charge is 2.39. The van der Waals surface area contributed by atoms with Gasteiger partial charge in [0.2, 0.25) is 0 Å². The van der Waals surface area contributed by atoms with Gasteiger partial charge in [0.25, 0.3) is 0 Å². The van der Waals surface area contributed by atoms with Crippen LogP contribution in [0, 0.1) is 0 Å². The number of hydrogen-bond donors (Lipinski definition) is 1. The Balaban J connectivity index is 1.66. The van der Waals surface area contributed by atoms with Crippen LogP contribution in [0.4, 0.5) is 10.5 Å².